The molecule has 0 spiro atoms. The molecule has 1 aromatic carbocycles. The Labute approximate surface area is 143 Å². The first kappa shape index (κ1) is 15.0. The first-order valence-corrected chi connectivity index (χ1v) is 8.18. The quantitative estimate of drug-likeness (QED) is 0.719. The first-order valence-electron chi connectivity index (χ1n) is 7.80. The molecule has 0 saturated carbocycles. The third-order valence-electron chi connectivity index (χ3n) is 3.97. The van der Waals surface area contributed by atoms with E-state index in [1.165, 1.54) is 0 Å². The molecular formula is C16H16ClN5O2. The summed E-state index contributed by atoms with van der Waals surface area (Å²) in [6.45, 7) is 2.56. The van der Waals surface area contributed by atoms with Gasteiger partial charge in [0, 0.05) is 29.6 Å². The van der Waals surface area contributed by atoms with Crippen LogP contribution in [0.2, 0.25) is 5.02 Å². The van der Waals surface area contributed by atoms with Gasteiger partial charge in [-0.1, -0.05) is 11.6 Å². The van der Waals surface area contributed by atoms with E-state index in [1.54, 1.807) is 10.7 Å². The zero-order chi connectivity index (χ0) is 16.5. The second-order valence-electron chi connectivity index (χ2n) is 5.62. The molecular weight excluding hydrogens is 330 g/mol. The number of rotatable bonds is 5. The third-order valence-corrected chi connectivity index (χ3v) is 4.20. The van der Waals surface area contributed by atoms with Gasteiger partial charge in [-0.15, -0.1) is 0 Å². The number of halogens is 1. The summed E-state index contributed by atoms with van der Waals surface area (Å²) in [5.74, 6) is 0.467. The van der Waals surface area contributed by atoms with Crippen LogP contribution in [0.4, 0.5) is 0 Å². The summed E-state index contributed by atoms with van der Waals surface area (Å²) in [6, 6.07) is 7.37. The van der Waals surface area contributed by atoms with Crippen LogP contribution in [0.15, 0.2) is 30.5 Å². The highest BCUT2D eigenvalue weighted by Gasteiger charge is 2.18. The monoisotopic (exact) mass is 345 g/mol. The van der Waals surface area contributed by atoms with Crippen molar-refractivity contribution in [3.8, 4) is 5.88 Å². The lowest BCUT2D eigenvalue weighted by molar-refractivity contribution is 0.0946. The van der Waals surface area contributed by atoms with Crippen molar-refractivity contribution in [2.45, 2.75) is 19.5 Å². The Bertz CT molecular complexity index is 880. The maximum Gasteiger partial charge on any atom is 0.271 e. The molecule has 124 valence electrons. The van der Waals surface area contributed by atoms with Gasteiger partial charge in [-0.2, -0.15) is 10.2 Å². The van der Waals surface area contributed by atoms with Crippen LogP contribution in [0.25, 0.3) is 10.9 Å². The number of nitrogens with zero attached hydrogens (tertiary/aromatic N) is 4. The van der Waals surface area contributed by atoms with Crippen molar-refractivity contribution < 1.29 is 9.53 Å². The molecule has 1 amide bonds. The van der Waals surface area contributed by atoms with Crippen molar-refractivity contribution in [1.82, 2.24) is 24.9 Å². The topological polar surface area (TPSA) is 74.0 Å². The molecule has 8 heteroatoms. The molecule has 0 bridgehead atoms. The molecule has 2 aromatic heterocycles. The molecule has 0 saturated heterocycles. The maximum atomic E-state index is 12.1. The molecule has 24 heavy (non-hydrogen) atoms. The Kier molecular flexibility index (Phi) is 3.86. The summed E-state index contributed by atoms with van der Waals surface area (Å²) in [5, 5.41) is 13.2. The average Bonchev–Trinajstić information content (AvgIpc) is 3.25. The molecule has 0 unspecified atom stereocenters. The largest absolute Gasteiger partial charge is 0.476 e. The van der Waals surface area contributed by atoms with E-state index >= 15 is 0 Å². The van der Waals surface area contributed by atoms with Crippen LogP contribution in [-0.4, -0.2) is 38.6 Å². The lowest BCUT2D eigenvalue weighted by Crippen LogP contribution is -2.26. The van der Waals surface area contributed by atoms with Crippen LogP contribution in [0, 0.1) is 0 Å². The van der Waals surface area contributed by atoms with Crippen LogP contribution in [-0.2, 0) is 13.1 Å². The van der Waals surface area contributed by atoms with Crippen LogP contribution in [0.1, 0.15) is 16.9 Å². The second kappa shape index (κ2) is 6.16. The van der Waals surface area contributed by atoms with Crippen molar-refractivity contribution in [3.05, 3.63) is 41.2 Å². The summed E-state index contributed by atoms with van der Waals surface area (Å²) in [7, 11) is 0. The van der Waals surface area contributed by atoms with Gasteiger partial charge in [-0.25, -0.2) is 4.68 Å². The standard InChI is InChI=1S/C16H16ClN5O2/c17-12-3-2-11-10-19-21(14(11)8-12)5-1-4-18-16(23)13-9-15-22(20-13)6-7-24-15/h2-3,8-10H,1,4-7H2,(H,18,23). The van der Waals surface area contributed by atoms with E-state index in [4.69, 9.17) is 16.3 Å². The van der Waals surface area contributed by atoms with Gasteiger partial charge in [0.2, 0.25) is 5.88 Å². The molecule has 0 fully saturated rings. The number of benzene rings is 1. The van der Waals surface area contributed by atoms with E-state index in [9.17, 15) is 4.79 Å². The van der Waals surface area contributed by atoms with Gasteiger partial charge >= 0.3 is 0 Å². The fraction of sp³-hybridized carbons (Fsp3) is 0.312. The molecule has 4 rings (SSSR count). The summed E-state index contributed by atoms with van der Waals surface area (Å²) in [6.07, 6.45) is 2.58. The van der Waals surface area contributed by atoms with Gasteiger partial charge in [0.15, 0.2) is 5.69 Å². The number of carbonyl (C=O) groups is 1. The van der Waals surface area contributed by atoms with Crippen molar-refractivity contribution in [2.75, 3.05) is 13.2 Å². The number of aryl methyl sites for hydroxylation is 1. The molecule has 0 atom stereocenters. The van der Waals surface area contributed by atoms with E-state index in [0.717, 1.165) is 17.3 Å². The van der Waals surface area contributed by atoms with Crippen LogP contribution in [0.3, 0.4) is 0 Å². The number of aromatic nitrogens is 4. The highest BCUT2D eigenvalue weighted by molar-refractivity contribution is 6.31. The summed E-state index contributed by atoms with van der Waals surface area (Å²) >= 11 is 6.03. The number of fused-ring (bicyclic) bond motifs is 2. The Balaban J connectivity index is 1.32. The lowest BCUT2D eigenvalue weighted by atomic mass is 10.2. The fourth-order valence-corrected chi connectivity index (χ4v) is 2.93. The van der Waals surface area contributed by atoms with Gasteiger partial charge < -0.3 is 10.1 Å². The van der Waals surface area contributed by atoms with E-state index in [2.05, 4.69) is 15.5 Å². The maximum absolute atomic E-state index is 12.1. The Morgan fingerprint density at radius 2 is 2.29 bits per heavy atom. The Morgan fingerprint density at radius 1 is 1.38 bits per heavy atom. The number of nitrogens with one attached hydrogen (secondary N) is 1. The number of ether oxygens (including phenoxy) is 1. The SMILES string of the molecule is O=C(NCCCn1ncc2ccc(Cl)cc21)c1cc2n(n1)CCO2. The summed E-state index contributed by atoms with van der Waals surface area (Å²) < 4.78 is 8.95. The molecule has 0 aliphatic carbocycles. The van der Waals surface area contributed by atoms with Crippen molar-refractivity contribution in [1.29, 1.82) is 0 Å². The molecule has 3 aromatic rings. The van der Waals surface area contributed by atoms with Gasteiger partial charge in [0.1, 0.15) is 6.61 Å². The van der Waals surface area contributed by atoms with Crippen molar-refractivity contribution >= 4 is 28.4 Å². The van der Waals surface area contributed by atoms with Crippen LogP contribution in [0.5, 0.6) is 5.88 Å². The minimum atomic E-state index is -0.186. The zero-order valence-corrected chi connectivity index (χ0v) is 13.7. The zero-order valence-electron chi connectivity index (χ0n) is 12.9. The van der Waals surface area contributed by atoms with Crippen LogP contribution >= 0.6 is 11.6 Å². The molecule has 1 aliphatic heterocycles. The molecule has 0 radical (unpaired) electrons. The minimum absolute atomic E-state index is 0.186. The predicted octanol–water partition coefficient (Wildman–Crippen LogP) is 2.10. The highest BCUT2D eigenvalue weighted by atomic mass is 35.5. The fourth-order valence-electron chi connectivity index (χ4n) is 2.77. The minimum Gasteiger partial charge on any atom is -0.476 e. The highest BCUT2D eigenvalue weighted by Crippen LogP contribution is 2.19. The van der Waals surface area contributed by atoms with Gasteiger partial charge in [-0.3, -0.25) is 9.48 Å². The first-order chi connectivity index (χ1) is 11.7. The number of carbonyl (C=O) groups excluding carboxylic acids is 1. The molecule has 1 aliphatic rings. The van der Waals surface area contributed by atoms with E-state index in [1.807, 2.05) is 29.1 Å². The third kappa shape index (κ3) is 2.82. The second-order valence-corrected chi connectivity index (χ2v) is 6.06. The number of hydrogen-bond acceptors (Lipinski definition) is 4. The molecule has 3 heterocycles. The lowest BCUT2D eigenvalue weighted by Gasteiger charge is -2.05. The van der Waals surface area contributed by atoms with Crippen LogP contribution < -0.4 is 10.1 Å². The Morgan fingerprint density at radius 3 is 3.17 bits per heavy atom. The number of hydrogen-bond donors (Lipinski definition) is 1. The summed E-state index contributed by atoms with van der Waals surface area (Å²) in [5.41, 5.74) is 1.39. The van der Waals surface area contributed by atoms with Gasteiger partial charge in [-0.05, 0) is 24.6 Å². The van der Waals surface area contributed by atoms with Crippen molar-refractivity contribution in [3.63, 3.8) is 0 Å². The van der Waals surface area contributed by atoms with Crippen molar-refractivity contribution in [2.24, 2.45) is 0 Å². The summed E-state index contributed by atoms with van der Waals surface area (Å²) in [4.78, 5) is 12.1. The van der Waals surface area contributed by atoms with Gasteiger partial charge in [0.25, 0.3) is 5.91 Å². The normalized spacial score (nSPS) is 13.0. The average molecular weight is 346 g/mol. The number of amides is 1. The predicted molar refractivity (Wildman–Crippen MR) is 89.4 cm³/mol. The van der Waals surface area contributed by atoms with E-state index < -0.39 is 0 Å². The Hall–Kier alpha value is -2.54. The molecule has 7 nitrogen and oxygen atoms in total. The van der Waals surface area contributed by atoms with E-state index in [0.29, 0.717) is 42.8 Å². The molecule has 1 N–H and O–H groups in total. The van der Waals surface area contributed by atoms with Gasteiger partial charge in [0.05, 0.1) is 18.3 Å². The van der Waals surface area contributed by atoms with E-state index in [-0.39, 0.29) is 5.91 Å². The smallest absolute Gasteiger partial charge is 0.271 e.